The third-order valence-electron chi connectivity index (χ3n) is 5.01. The van der Waals surface area contributed by atoms with Crippen LogP contribution in [0.15, 0.2) is 63.6 Å². The molecule has 0 radical (unpaired) electrons. The predicted molar refractivity (Wildman–Crippen MR) is 123 cm³/mol. The zero-order chi connectivity index (χ0) is 25.2. The van der Waals surface area contributed by atoms with Crippen LogP contribution >= 0.6 is 7.75 Å². The van der Waals surface area contributed by atoms with Crippen molar-refractivity contribution in [1.82, 2.24) is 10.2 Å². The molecule has 35 heavy (non-hydrogen) atoms. The summed E-state index contributed by atoms with van der Waals surface area (Å²) >= 11 is 0. The highest BCUT2D eigenvalue weighted by atomic mass is 31.2. The number of halogens is 1. The number of nitrogens with zero attached hydrogens (tertiary/aromatic N) is 3. The number of benzene rings is 2. The third-order valence-corrected chi connectivity index (χ3v) is 5.93. The van der Waals surface area contributed by atoms with Gasteiger partial charge in [-0.2, -0.15) is 0 Å². The van der Waals surface area contributed by atoms with Crippen LogP contribution in [0.25, 0.3) is 23.1 Å². The highest BCUT2D eigenvalue weighted by molar-refractivity contribution is 7.54. The average Bonchev–Trinajstić information content (AvgIpc) is 3.52. The molecule has 0 aliphatic rings. The number of hydrogen-bond acceptors (Lipinski definition) is 7. The van der Waals surface area contributed by atoms with Crippen LogP contribution in [-0.2, 0) is 11.0 Å². The first kappa shape index (κ1) is 24.3. The summed E-state index contributed by atoms with van der Waals surface area (Å²) in [6.07, 6.45) is 1.98. The van der Waals surface area contributed by atoms with E-state index in [1.807, 2.05) is 6.92 Å². The van der Waals surface area contributed by atoms with Gasteiger partial charge in [-0.25, -0.2) is 13.6 Å². The molecule has 2 aromatic carbocycles. The second-order valence-corrected chi connectivity index (χ2v) is 8.73. The van der Waals surface area contributed by atoms with Crippen molar-refractivity contribution < 1.29 is 37.1 Å². The lowest BCUT2D eigenvalue weighted by Crippen LogP contribution is -2.29. The summed E-state index contributed by atoms with van der Waals surface area (Å²) in [6, 6.07) is 11.2. The normalized spacial score (nSPS) is 11.5. The summed E-state index contributed by atoms with van der Waals surface area (Å²) < 4.78 is 43.7. The topological polar surface area (TPSA) is 139 Å². The lowest BCUT2D eigenvalue weighted by molar-refractivity contribution is 0.0994. The second kappa shape index (κ2) is 9.83. The molecule has 2 aromatic heterocycles. The Kier molecular flexibility index (Phi) is 6.83. The molecule has 10 nitrogen and oxygen atoms in total. The van der Waals surface area contributed by atoms with Crippen molar-refractivity contribution in [3.05, 3.63) is 71.7 Å². The van der Waals surface area contributed by atoms with Crippen LogP contribution in [-0.4, -0.2) is 32.5 Å². The lowest BCUT2D eigenvalue weighted by Gasteiger charge is -2.25. The van der Waals surface area contributed by atoms with Crippen molar-refractivity contribution >= 4 is 19.3 Å². The number of ether oxygens (including phenoxy) is 1. The van der Waals surface area contributed by atoms with Crippen molar-refractivity contribution in [3.8, 4) is 28.9 Å². The van der Waals surface area contributed by atoms with E-state index in [1.165, 1.54) is 24.5 Å². The Hall–Kier alpha value is -3.79. The van der Waals surface area contributed by atoms with E-state index in [9.17, 15) is 23.5 Å². The Morgan fingerprint density at radius 2 is 1.89 bits per heavy atom. The zero-order valence-electron chi connectivity index (χ0n) is 18.7. The van der Waals surface area contributed by atoms with Gasteiger partial charge in [-0.15, -0.1) is 10.2 Å². The van der Waals surface area contributed by atoms with Crippen molar-refractivity contribution in [2.24, 2.45) is 0 Å². The summed E-state index contributed by atoms with van der Waals surface area (Å²) in [5, 5.41) is 7.74. The van der Waals surface area contributed by atoms with Gasteiger partial charge in [-0.1, -0.05) is 13.0 Å². The van der Waals surface area contributed by atoms with Gasteiger partial charge in [0, 0.05) is 5.56 Å². The molecule has 2 N–H and O–H groups in total. The summed E-state index contributed by atoms with van der Waals surface area (Å²) in [7, 11) is -5.35. The quantitative estimate of drug-likeness (QED) is 0.325. The van der Waals surface area contributed by atoms with Gasteiger partial charge in [0.25, 0.3) is 11.8 Å². The summed E-state index contributed by atoms with van der Waals surface area (Å²) in [5.41, 5.74) is 0.0819. The fraction of sp³-hybridized carbons (Fsp3) is 0.174. The minimum atomic E-state index is -5.35. The van der Waals surface area contributed by atoms with Crippen LogP contribution in [0.3, 0.4) is 0 Å². The minimum absolute atomic E-state index is 0.0523. The molecular formula is C23H21FN3O7P. The maximum absolute atomic E-state index is 14.9. The van der Waals surface area contributed by atoms with E-state index in [-0.39, 0.29) is 39.9 Å². The average molecular weight is 501 g/mol. The van der Waals surface area contributed by atoms with Crippen molar-refractivity contribution in [1.29, 1.82) is 0 Å². The SMILES string of the molecule is CCOc1ccc(CC)cc1C(=O)N(c1cc(-c2nnc(-c3ccco3)o2)ccc1F)P(=O)(O)O. The largest absolute Gasteiger partial charge is 0.493 e. The van der Waals surface area contributed by atoms with E-state index in [0.717, 1.165) is 17.7 Å². The Bertz CT molecular complexity index is 1400. The Morgan fingerprint density at radius 1 is 1.11 bits per heavy atom. The number of aromatic nitrogens is 2. The van der Waals surface area contributed by atoms with E-state index < -0.39 is 25.2 Å². The molecule has 4 aromatic rings. The molecular weight excluding hydrogens is 480 g/mol. The molecule has 0 bridgehead atoms. The van der Waals surface area contributed by atoms with Crippen LogP contribution in [0.4, 0.5) is 10.1 Å². The number of carbonyl (C=O) groups excluding carboxylic acids is 1. The Morgan fingerprint density at radius 3 is 2.54 bits per heavy atom. The number of amides is 1. The molecule has 2 heterocycles. The van der Waals surface area contributed by atoms with E-state index in [4.69, 9.17) is 13.6 Å². The van der Waals surface area contributed by atoms with Gasteiger partial charge < -0.3 is 23.4 Å². The van der Waals surface area contributed by atoms with E-state index in [1.54, 1.807) is 25.1 Å². The zero-order valence-corrected chi connectivity index (χ0v) is 19.6. The Labute approximate surface area is 199 Å². The molecule has 0 saturated heterocycles. The highest BCUT2D eigenvalue weighted by Crippen LogP contribution is 2.47. The summed E-state index contributed by atoms with van der Waals surface area (Å²) in [5.74, 6) is -1.77. The maximum atomic E-state index is 14.9. The van der Waals surface area contributed by atoms with Crippen LogP contribution in [0, 0.1) is 5.82 Å². The number of carbonyl (C=O) groups is 1. The van der Waals surface area contributed by atoms with Crippen molar-refractivity contribution in [2.75, 3.05) is 11.3 Å². The van der Waals surface area contributed by atoms with Gasteiger partial charge in [0.1, 0.15) is 11.6 Å². The highest BCUT2D eigenvalue weighted by Gasteiger charge is 2.37. The van der Waals surface area contributed by atoms with Gasteiger partial charge in [-0.3, -0.25) is 4.79 Å². The smallest absolute Gasteiger partial charge is 0.437 e. The molecule has 0 unspecified atom stereocenters. The van der Waals surface area contributed by atoms with E-state index in [0.29, 0.717) is 12.2 Å². The van der Waals surface area contributed by atoms with Gasteiger partial charge in [0.15, 0.2) is 5.76 Å². The first-order chi connectivity index (χ1) is 16.7. The summed E-state index contributed by atoms with van der Waals surface area (Å²) in [6.45, 7) is 3.77. The van der Waals surface area contributed by atoms with Gasteiger partial charge in [-0.05, 0) is 61.4 Å². The Balaban J connectivity index is 1.80. The fourth-order valence-corrected chi connectivity index (χ4v) is 4.15. The molecule has 182 valence electrons. The van der Waals surface area contributed by atoms with Gasteiger partial charge in [0.2, 0.25) is 5.89 Å². The first-order valence-electron chi connectivity index (χ1n) is 10.6. The van der Waals surface area contributed by atoms with Gasteiger partial charge in [0.05, 0.1) is 24.1 Å². The van der Waals surface area contributed by atoms with Crippen molar-refractivity contribution in [2.45, 2.75) is 20.3 Å². The molecule has 0 saturated carbocycles. The molecule has 0 fully saturated rings. The standard InChI is InChI=1S/C23H21FN3O7P/c1-3-14-7-10-19(32-4-2)16(12-14)23(28)27(35(29,30)31)18-13-15(8-9-17(18)24)21-25-26-22(34-21)20-6-5-11-33-20/h5-13H,3-4H2,1-2H3,(H2,29,30,31). The fourth-order valence-electron chi connectivity index (χ4n) is 3.38. The number of rotatable bonds is 8. The molecule has 0 aliphatic heterocycles. The molecule has 1 amide bonds. The first-order valence-corrected chi connectivity index (χ1v) is 12.1. The molecule has 0 aliphatic carbocycles. The summed E-state index contributed by atoms with van der Waals surface area (Å²) in [4.78, 5) is 33.6. The van der Waals surface area contributed by atoms with Crippen LogP contribution in [0.2, 0.25) is 0 Å². The number of hydrogen-bond donors (Lipinski definition) is 2. The van der Waals surface area contributed by atoms with Crippen LogP contribution < -0.4 is 9.41 Å². The molecule has 4 rings (SSSR count). The number of aryl methyl sites for hydroxylation is 1. The van der Waals surface area contributed by atoms with E-state index in [2.05, 4.69) is 10.2 Å². The van der Waals surface area contributed by atoms with Gasteiger partial charge >= 0.3 is 7.75 Å². The maximum Gasteiger partial charge on any atom is 0.437 e. The molecule has 0 atom stereocenters. The number of furan rings is 1. The van der Waals surface area contributed by atoms with Crippen LogP contribution in [0.5, 0.6) is 5.75 Å². The molecule has 12 heteroatoms. The lowest BCUT2D eigenvalue weighted by atomic mass is 10.1. The van der Waals surface area contributed by atoms with Crippen molar-refractivity contribution in [3.63, 3.8) is 0 Å². The number of anilines is 1. The second-order valence-electron chi connectivity index (χ2n) is 7.30. The van der Waals surface area contributed by atoms with E-state index >= 15 is 0 Å². The molecule has 0 spiro atoms. The minimum Gasteiger partial charge on any atom is -0.493 e. The predicted octanol–water partition coefficient (Wildman–Crippen LogP) is 4.84. The van der Waals surface area contributed by atoms with Crippen LogP contribution in [0.1, 0.15) is 29.8 Å². The third kappa shape index (κ3) is 5.02. The monoisotopic (exact) mass is 501 g/mol.